The van der Waals surface area contributed by atoms with Crippen molar-refractivity contribution in [3.8, 4) is 11.5 Å². The average Bonchev–Trinajstić information content (AvgIpc) is 2.86. The standard InChI is InChI=1S/C16H16O5S/c1-20-11-5-8-6-14(22-13(8)7-12(11)21-2)15(17)9-3-4-10(9)16(18)19/h5-7,9-10H,3-4H2,1-2H3,(H,18,19). The molecule has 1 heterocycles. The van der Waals surface area contributed by atoms with Gasteiger partial charge in [0.25, 0.3) is 0 Å². The van der Waals surface area contributed by atoms with Crippen molar-refractivity contribution in [2.75, 3.05) is 14.2 Å². The van der Waals surface area contributed by atoms with E-state index in [4.69, 9.17) is 14.6 Å². The molecular formula is C16H16O5S. The number of fused-ring (bicyclic) bond motifs is 1. The monoisotopic (exact) mass is 320 g/mol. The van der Waals surface area contributed by atoms with Crippen molar-refractivity contribution in [2.24, 2.45) is 11.8 Å². The molecule has 0 aliphatic heterocycles. The first-order valence-corrected chi connectivity index (χ1v) is 7.79. The predicted octanol–water partition coefficient (Wildman–Crippen LogP) is 3.21. The van der Waals surface area contributed by atoms with E-state index in [2.05, 4.69) is 0 Å². The minimum atomic E-state index is -0.881. The second-order valence-corrected chi connectivity index (χ2v) is 6.43. The van der Waals surface area contributed by atoms with E-state index in [0.29, 0.717) is 29.2 Å². The number of carbonyl (C=O) groups is 2. The Morgan fingerprint density at radius 1 is 1.09 bits per heavy atom. The highest BCUT2D eigenvalue weighted by molar-refractivity contribution is 7.20. The van der Waals surface area contributed by atoms with E-state index in [1.54, 1.807) is 14.2 Å². The van der Waals surface area contributed by atoms with Crippen LogP contribution in [0.4, 0.5) is 0 Å². The van der Waals surface area contributed by atoms with Gasteiger partial charge in [-0.2, -0.15) is 0 Å². The van der Waals surface area contributed by atoms with Crippen molar-refractivity contribution in [2.45, 2.75) is 12.8 Å². The first-order chi connectivity index (χ1) is 10.5. The minimum absolute atomic E-state index is 0.0715. The lowest BCUT2D eigenvalue weighted by molar-refractivity contribution is -0.146. The van der Waals surface area contributed by atoms with Crippen molar-refractivity contribution < 1.29 is 24.2 Å². The van der Waals surface area contributed by atoms with E-state index in [0.717, 1.165) is 10.1 Å². The molecule has 0 bridgehead atoms. The number of carboxylic acids is 1. The zero-order valence-corrected chi connectivity index (χ0v) is 13.1. The maximum Gasteiger partial charge on any atom is 0.307 e. The molecule has 1 aromatic heterocycles. The molecule has 1 saturated carbocycles. The molecule has 0 amide bonds. The van der Waals surface area contributed by atoms with Gasteiger partial charge >= 0.3 is 5.97 Å². The second kappa shape index (κ2) is 5.61. The first kappa shape index (κ1) is 14.8. The Labute approximate surface area is 131 Å². The van der Waals surface area contributed by atoms with Crippen LogP contribution < -0.4 is 9.47 Å². The lowest BCUT2D eigenvalue weighted by Gasteiger charge is -2.31. The molecule has 6 heteroatoms. The van der Waals surface area contributed by atoms with Gasteiger partial charge < -0.3 is 14.6 Å². The molecule has 2 atom stereocenters. The van der Waals surface area contributed by atoms with Crippen LogP contribution in [0.1, 0.15) is 22.5 Å². The number of benzene rings is 1. The summed E-state index contributed by atoms with van der Waals surface area (Å²) in [5.74, 6) is -0.662. The van der Waals surface area contributed by atoms with Gasteiger partial charge in [-0.3, -0.25) is 9.59 Å². The molecule has 0 spiro atoms. The Kier molecular flexibility index (Phi) is 3.78. The largest absolute Gasteiger partial charge is 0.493 e. The SMILES string of the molecule is COc1cc2cc(C(=O)C3CCC3C(=O)O)sc2cc1OC. The van der Waals surface area contributed by atoms with Crippen molar-refractivity contribution in [1.82, 2.24) is 0 Å². The highest BCUT2D eigenvalue weighted by atomic mass is 32.1. The number of hydrogen-bond donors (Lipinski definition) is 1. The van der Waals surface area contributed by atoms with E-state index < -0.39 is 17.8 Å². The van der Waals surface area contributed by atoms with Gasteiger partial charge in [0.15, 0.2) is 17.3 Å². The zero-order valence-electron chi connectivity index (χ0n) is 12.3. The van der Waals surface area contributed by atoms with E-state index in [9.17, 15) is 9.59 Å². The Morgan fingerprint density at radius 2 is 1.73 bits per heavy atom. The summed E-state index contributed by atoms with van der Waals surface area (Å²) < 4.78 is 11.4. The molecule has 1 N–H and O–H groups in total. The van der Waals surface area contributed by atoms with Crippen LogP contribution in [-0.4, -0.2) is 31.1 Å². The summed E-state index contributed by atoms with van der Waals surface area (Å²) in [6.07, 6.45) is 1.23. The van der Waals surface area contributed by atoms with Gasteiger partial charge in [0.05, 0.1) is 25.0 Å². The summed E-state index contributed by atoms with van der Waals surface area (Å²) in [4.78, 5) is 24.2. The first-order valence-electron chi connectivity index (χ1n) is 6.97. The van der Waals surface area contributed by atoms with Crippen molar-refractivity contribution in [3.63, 3.8) is 0 Å². The van der Waals surface area contributed by atoms with Gasteiger partial charge in [-0.25, -0.2) is 0 Å². The van der Waals surface area contributed by atoms with E-state index in [1.807, 2.05) is 18.2 Å². The summed E-state index contributed by atoms with van der Waals surface area (Å²) in [6.45, 7) is 0. The fourth-order valence-corrected chi connectivity index (χ4v) is 3.86. The Bertz CT molecular complexity index is 707. The summed E-state index contributed by atoms with van der Waals surface area (Å²) in [5.41, 5.74) is 0. The molecule has 0 radical (unpaired) electrons. The number of rotatable bonds is 5. The third kappa shape index (κ3) is 2.33. The van der Waals surface area contributed by atoms with E-state index >= 15 is 0 Å². The number of Topliss-reactive ketones (excluding diaryl/α,β-unsaturated/α-hetero) is 1. The van der Waals surface area contributed by atoms with Gasteiger partial charge in [-0.15, -0.1) is 11.3 Å². The molecule has 1 aliphatic rings. The van der Waals surface area contributed by atoms with Crippen LogP contribution in [0.15, 0.2) is 18.2 Å². The summed E-state index contributed by atoms with van der Waals surface area (Å²) in [6, 6.07) is 5.48. The van der Waals surface area contributed by atoms with Crippen LogP contribution >= 0.6 is 11.3 Å². The maximum absolute atomic E-state index is 12.5. The van der Waals surface area contributed by atoms with Gasteiger partial charge in [0.1, 0.15) is 0 Å². The number of thiophene rings is 1. The quantitative estimate of drug-likeness (QED) is 0.856. The van der Waals surface area contributed by atoms with Crippen LogP contribution in [0.3, 0.4) is 0 Å². The Hall–Kier alpha value is -2.08. The van der Waals surface area contributed by atoms with Crippen LogP contribution in [-0.2, 0) is 4.79 Å². The fourth-order valence-electron chi connectivity index (χ4n) is 2.78. The van der Waals surface area contributed by atoms with Crippen molar-refractivity contribution in [1.29, 1.82) is 0 Å². The highest BCUT2D eigenvalue weighted by Gasteiger charge is 2.42. The van der Waals surface area contributed by atoms with E-state index in [1.165, 1.54) is 11.3 Å². The number of carbonyl (C=O) groups excluding carboxylic acids is 1. The van der Waals surface area contributed by atoms with Crippen LogP contribution in [0.25, 0.3) is 10.1 Å². The van der Waals surface area contributed by atoms with Gasteiger partial charge in [-0.05, 0) is 30.4 Å². The maximum atomic E-state index is 12.5. The van der Waals surface area contributed by atoms with Gasteiger partial charge in [-0.1, -0.05) is 0 Å². The molecule has 5 nitrogen and oxygen atoms in total. The molecule has 22 heavy (non-hydrogen) atoms. The lowest BCUT2D eigenvalue weighted by atomic mass is 9.71. The van der Waals surface area contributed by atoms with Gasteiger partial charge in [0.2, 0.25) is 0 Å². The zero-order chi connectivity index (χ0) is 15.9. The molecule has 1 aromatic carbocycles. The molecule has 3 rings (SSSR count). The third-order valence-corrected chi connectivity index (χ3v) is 5.31. The van der Waals surface area contributed by atoms with Crippen molar-refractivity contribution >= 4 is 33.2 Å². The lowest BCUT2D eigenvalue weighted by Crippen LogP contribution is -2.37. The molecule has 1 aliphatic carbocycles. The molecule has 0 saturated heterocycles. The third-order valence-electron chi connectivity index (χ3n) is 4.19. The summed E-state index contributed by atoms with van der Waals surface area (Å²) >= 11 is 1.37. The van der Waals surface area contributed by atoms with Crippen LogP contribution in [0.5, 0.6) is 11.5 Å². The number of hydrogen-bond acceptors (Lipinski definition) is 5. The minimum Gasteiger partial charge on any atom is -0.493 e. The number of aliphatic carboxylic acids is 1. The molecule has 1 fully saturated rings. The normalized spacial score (nSPS) is 20.5. The number of carboxylic acid groups (broad SMARTS) is 1. The van der Waals surface area contributed by atoms with E-state index in [-0.39, 0.29) is 5.78 Å². The Balaban J connectivity index is 1.95. The number of methoxy groups -OCH3 is 2. The molecule has 2 unspecified atom stereocenters. The number of ketones is 1. The topological polar surface area (TPSA) is 72.8 Å². The van der Waals surface area contributed by atoms with Crippen LogP contribution in [0, 0.1) is 11.8 Å². The number of ether oxygens (including phenoxy) is 2. The Morgan fingerprint density at radius 3 is 2.27 bits per heavy atom. The average molecular weight is 320 g/mol. The smallest absolute Gasteiger partial charge is 0.307 e. The summed E-state index contributed by atoms with van der Waals surface area (Å²) in [5, 5.41) is 9.99. The molecule has 116 valence electrons. The molecule has 2 aromatic rings. The summed E-state index contributed by atoms with van der Waals surface area (Å²) in [7, 11) is 3.13. The second-order valence-electron chi connectivity index (χ2n) is 5.35. The van der Waals surface area contributed by atoms with Crippen molar-refractivity contribution in [3.05, 3.63) is 23.1 Å². The highest BCUT2D eigenvalue weighted by Crippen LogP contribution is 2.41. The predicted molar refractivity (Wildman–Crippen MR) is 83.1 cm³/mol. The van der Waals surface area contributed by atoms with Crippen LogP contribution in [0.2, 0.25) is 0 Å². The molecular weight excluding hydrogens is 304 g/mol. The van der Waals surface area contributed by atoms with Gasteiger partial charge in [0, 0.05) is 16.7 Å². The fraction of sp³-hybridized carbons (Fsp3) is 0.375.